The number of aliphatic imine (C=N–C) groups is 1. The van der Waals surface area contributed by atoms with Crippen LogP contribution in [0.5, 0.6) is 0 Å². The molecule has 2 atom stereocenters. The molecule has 2 unspecified atom stereocenters. The largest absolute Gasteiger partial charge is 0.444 e. The molecule has 8 nitrogen and oxygen atoms in total. The Balaban J connectivity index is 0. The van der Waals surface area contributed by atoms with Crippen molar-refractivity contribution < 1.29 is 17.9 Å². The number of nitrogens with zero attached hydrogens (tertiary/aromatic N) is 1. The summed E-state index contributed by atoms with van der Waals surface area (Å²) in [7, 11) is -2.99. The zero-order valence-corrected chi connectivity index (χ0v) is 21.6. The van der Waals surface area contributed by atoms with Gasteiger partial charge >= 0.3 is 6.09 Å². The highest BCUT2D eigenvalue weighted by molar-refractivity contribution is 14.0. The van der Waals surface area contributed by atoms with Gasteiger partial charge in [0.1, 0.15) is 15.4 Å². The number of hydrogen-bond acceptors (Lipinski definition) is 5. The summed E-state index contributed by atoms with van der Waals surface area (Å²) < 4.78 is 27.9. The van der Waals surface area contributed by atoms with Crippen molar-refractivity contribution in [2.24, 2.45) is 10.9 Å². The molecule has 3 N–H and O–H groups in total. The minimum Gasteiger partial charge on any atom is -0.444 e. The van der Waals surface area contributed by atoms with Gasteiger partial charge in [0.05, 0.1) is 18.3 Å². The number of carbonyl (C=O) groups excluding carboxylic acids is 1. The number of ether oxygens (including phenoxy) is 1. The van der Waals surface area contributed by atoms with Crippen molar-refractivity contribution in [3.8, 4) is 0 Å². The van der Waals surface area contributed by atoms with Crippen LogP contribution >= 0.6 is 24.0 Å². The second-order valence-electron chi connectivity index (χ2n) is 8.18. The smallest absolute Gasteiger partial charge is 0.407 e. The SMILES string of the molecule is CCNC(=NCC(NC(=O)OC(C)(C)C)C(C)C)NC(C)CCS(C)(=O)=O.I. The lowest BCUT2D eigenvalue weighted by atomic mass is 10.1. The number of nitrogens with one attached hydrogen (secondary N) is 3. The fourth-order valence-electron chi connectivity index (χ4n) is 2.09. The third-order valence-corrected chi connectivity index (χ3v) is 4.58. The molecule has 10 heteroatoms. The van der Waals surface area contributed by atoms with Crippen LogP contribution in [0.15, 0.2) is 4.99 Å². The van der Waals surface area contributed by atoms with Crippen molar-refractivity contribution in [3.05, 3.63) is 0 Å². The molecular formula is C18H39IN4O4S. The zero-order chi connectivity index (χ0) is 21.3. The number of halogens is 1. The number of amides is 1. The molecule has 0 aliphatic rings. The maximum absolute atomic E-state index is 12.0. The molecule has 0 bridgehead atoms. The van der Waals surface area contributed by atoms with Gasteiger partial charge in [-0.3, -0.25) is 4.99 Å². The number of carbonyl (C=O) groups is 1. The van der Waals surface area contributed by atoms with E-state index in [9.17, 15) is 13.2 Å². The molecule has 0 saturated heterocycles. The van der Waals surface area contributed by atoms with Gasteiger partial charge in [-0.1, -0.05) is 13.8 Å². The Morgan fingerprint density at radius 2 is 1.71 bits per heavy atom. The molecule has 0 aliphatic carbocycles. The van der Waals surface area contributed by atoms with Crippen molar-refractivity contribution in [3.63, 3.8) is 0 Å². The van der Waals surface area contributed by atoms with Gasteiger partial charge in [0.15, 0.2) is 5.96 Å². The number of rotatable bonds is 9. The van der Waals surface area contributed by atoms with Crippen LogP contribution in [0.25, 0.3) is 0 Å². The average molecular weight is 535 g/mol. The molecule has 0 rings (SSSR count). The van der Waals surface area contributed by atoms with Gasteiger partial charge in [-0.25, -0.2) is 13.2 Å². The summed E-state index contributed by atoms with van der Waals surface area (Å²) in [5, 5.41) is 9.21. The van der Waals surface area contributed by atoms with Crippen molar-refractivity contribution in [1.82, 2.24) is 16.0 Å². The highest BCUT2D eigenvalue weighted by atomic mass is 127. The molecule has 1 amide bonds. The topological polar surface area (TPSA) is 109 Å². The quantitative estimate of drug-likeness (QED) is 0.238. The third kappa shape index (κ3) is 16.2. The van der Waals surface area contributed by atoms with Crippen LogP contribution < -0.4 is 16.0 Å². The van der Waals surface area contributed by atoms with Crippen LogP contribution in [0.4, 0.5) is 4.79 Å². The Morgan fingerprint density at radius 1 is 1.14 bits per heavy atom. The molecule has 0 aliphatic heterocycles. The number of guanidine groups is 1. The van der Waals surface area contributed by atoms with Crippen molar-refractivity contribution in [2.45, 2.75) is 72.6 Å². The van der Waals surface area contributed by atoms with Gasteiger partial charge in [0.25, 0.3) is 0 Å². The molecule has 0 aromatic rings. The summed E-state index contributed by atoms with van der Waals surface area (Å²) in [5.74, 6) is 0.886. The molecule has 0 heterocycles. The van der Waals surface area contributed by atoms with E-state index in [1.54, 1.807) is 0 Å². The van der Waals surface area contributed by atoms with E-state index >= 15 is 0 Å². The van der Waals surface area contributed by atoms with Crippen molar-refractivity contribution in [1.29, 1.82) is 0 Å². The molecule has 0 saturated carbocycles. The lowest BCUT2D eigenvalue weighted by Gasteiger charge is -2.25. The third-order valence-electron chi connectivity index (χ3n) is 3.60. The van der Waals surface area contributed by atoms with Gasteiger partial charge < -0.3 is 20.7 Å². The average Bonchev–Trinajstić information content (AvgIpc) is 2.46. The van der Waals surface area contributed by atoms with Crippen LogP contribution in [0, 0.1) is 5.92 Å². The van der Waals surface area contributed by atoms with E-state index in [-0.39, 0.29) is 47.7 Å². The predicted octanol–water partition coefficient (Wildman–Crippen LogP) is 2.53. The van der Waals surface area contributed by atoms with E-state index in [1.807, 2.05) is 48.5 Å². The van der Waals surface area contributed by atoms with E-state index in [4.69, 9.17) is 4.74 Å². The van der Waals surface area contributed by atoms with Crippen LogP contribution in [0.2, 0.25) is 0 Å². The second kappa shape index (κ2) is 13.4. The maximum atomic E-state index is 12.0. The number of hydrogen-bond donors (Lipinski definition) is 3. The molecule has 0 fully saturated rings. The van der Waals surface area contributed by atoms with Crippen LogP contribution in [-0.2, 0) is 14.6 Å². The first kappa shape index (κ1) is 29.4. The van der Waals surface area contributed by atoms with Crippen LogP contribution in [-0.4, -0.2) is 63.3 Å². The lowest BCUT2D eigenvalue weighted by molar-refractivity contribution is 0.0493. The zero-order valence-electron chi connectivity index (χ0n) is 18.5. The summed E-state index contributed by atoms with van der Waals surface area (Å²) in [6, 6.07) is -0.226. The van der Waals surface area contributed by atoms with E-state index in [0.29, 0.717) is 25.5 Å². The van der Waals surface area contributed by atoms with Gasteiger partial charge in [0.2, 0.25) is 0 Å². The molecule has 0 radical (unpaired) electrons. The van der Waals surface area contributed by atoms with Crippen LogP contribution in [0.1, 0.15) is 54.9 Å². The second-order valence-corrected chi connectivity index (χ2v) is 10.4. The maximum Gasteiger partial charge on any atom is 0.407 e. The van der Waals surface area contributed by atoms with Gasteiger partial charge in [0, 0.05) is 18.8 Å². The Morgan fingerprint density at radius 3 is 2.14 bits per heavy atom. The Labute approximate surface area is 188 Å². The van der Waals surface area contributed by atoms with E-state index in [0.717, 1.165) is 0 Å². The van der Waals surface area contributed by atoms with Gasteiger partial charge in [-0.15, -0.1) is 24.0 Å². The van der Waals surface area contributed by atoms with Crippen molar-refractivity contribution >= 4 is 45.9 Å². The summed E-state index contributed by atoms with van der Waals surface area (Å²) in [6.07, 6.45) is 1.26. The van der Waals surface area contributed by atoms with Gasteiger partial charge in [-0.05, 0) is 47.0 Å². The summed E-state index contributed by atoms with van der Waals surface area (Å²) in [4.78, 5) is 16.6. The lowest BCUT2D eigenvalue weighted by Crippen LogP contribution is -2.46. The molecule has 168 valence electrons. The molecular weight excluding hydrogens is 495 g/mol. The first-order valence-corrected chi connectivity index (χ1v) is 11.5. The minimum atomic E-state index is -2.99. The molecule has 0 spiro atoms. The Hall–Kier alpha value is -0.780. The Bertz CT molecular complexity index is 589. The standard InChI is InChI=1S/C18H38N4O4S.HI/c1-9-19-16(21-14(4)10-11-27(8,24)25)20-12-15(13(2)3)22-17(23)26-18(5,6)7;/h13-15H,9-12H2,1-8H3,(H,22,23)(H2,19,20,21);1H. The summed E-state index contributed by atoms with van der Waals surface area (Å²) >= 11 is 0. The van der Waals surface area contributed by atoms with Crippen LogP contribution in [0.3, 0.4) is 0 Å². The highest BCUT2D eigenvalue weighted by Crippen LogP contribution is 2.09. The fraction of sp³-hybridized carbons (Fsp3) is 0.889. The van der Waals surface area contributed by atoms with E-state index in [1.165, 1.54) is 6.26 Å². The van der Waals surface area contributed by atoms with E-state index < -0.39 is 21.5 Å². The van der Waals surface area contributed by atoms with Crippen molar-refractivity contribution in [2.75, 3.05) is 25.1 Å². The number of sulfone groups is 1. The summed E-state index contributed by atoms with van der Waals surface area (Å²) in [5.41, 5.74) is -0.555. The minimum absolute atomic E-state index is 0. The highest BCUT2D eigenvalue weighted by Gasteiger charge is 2.21. The first-order valence-electron chi connectivity index (χ1n) is 9.45. The normalized spacial score (nSPS) is 14.7. The molecule has 28 heavy (non-hydrogen) atoms. The van der Waals surface area contributed by atoms with E-state index in [2.05, 4.69) is 20.9 Å². The summed E-state index contributed by atoms with van der Waals surface area (Å²) in [6.45, 7) is 14.4. The first-order chi connectivity index (χ1) is 12.2. The van der Waals surface area contributed by atoms with Gasteiger partial charge in [-0.2, -0.15) is 0 Å². The monoisotopic (exact) mass is 534 g/mol. The fourth-order valence-corrected chi connectivity index (χ4v) is 2.87. The molecule has 0 aromatic heterocycles. The Kier molecular flexibility index (Phi) is 14.1. The molecule has 0 aromatic carbocycles. The number of alkyl carbamates (subject to hydrolysis) is 1. The predicted molar refractivity (Wildman–Crippen MR) is 126 cm³/mol.